The lowest BCUT2D eigenvalue weighted by Crippen LogP contribution is -2.45. The highest BCUT2D eigenvalue weighted by molar-refractivity contribution is 6.04. The second-order valence-corrected chi connectivity index (χ2v) is 7.55. The number of benzene rings is 2. The highest BCUT2D eigenvalue weighted by Gasteiger charge is 2.37. The van der Waals surface area contributed by atoms with E-state index in [1.807, 2.05) is 42.5 Å². The molecule has 2 aliphatic rings. The first-order chi connectivity index (χ1) is 15.1. The zero-order valence-corrected chi connectivity index (χ0v) is 17.7. The second kappa shape index (κ2) is 9.36. The summed E-state index contributed by atoms with van der Waals surface area (Å²) in [5, 5.41) is 14.3. The number of anilines is 1. The van der Waals surface area contributed by atoms with E-state index in [-0.39, 0.29) is 19.2 Å². The average Bonchev–Trinajstić information content (AvgIpc) is 3.29. The molecule has 164 valence electrons. The molecule has 8 nitrogen and oxygen atoms in total. The summed E-state index contributed by atoms with van der Waals surface area (Å²) < 4.78 is 15.9. The lowest BCUT2D eigenvalue weighted by molar-refractivity contribution is -0.127. The Hall–Kier alpha value is -3.10. The maximum Gasteiger partial charge on any atom is 0.256 e. The zero-order valence-electron chi connectivity index (χ0n) is 17.7. The third kappa shape index (κ3) is 4.50. The van der Waals surface area contributed by atoms with Crippen LogP contribution in [0, 0.1) is 0 Å². The Morgan fingerprint density at radius 3 is 2.61 bits per heavy atom. The molecular formula is C23H27N3O5. The Morgan fingerprint density at radius 2 is 1.94 bits per heavy atom. The van der Waals surface area contributed by atoms with Gasteiger partial charge in [-0.1, -0.05) is 12.1 Å². The summed E-state index contributed by atoms with van der Waals surface area (Å²) in [5.74, 6) is 1.36. The minimum atomic E-state index is -1.19. The van der Waals surface area contributed by atoms with Crippen LogP contribution in [0.3, 0.4) is 0 Å². The summed E-state index contributed by atoms with van der Waals surface area (Å²) in [6.45, 7) is 1.86. The van der Waals surface area contributed by atoms with Crippen LogP contribution < -0.4 is 19.7 Å². The van der Waals surface area contributed by atoms with Gasteiger partial charge >= 0.3 is 0 Å². The predicted octanol–water partition coefficient (Wildman–Crippen LogP) is 1.71. The fourth-order valence-corrected chi connectivity index (χ4v) is 4.02. The largest absolute Gasteiger partial charge is 0.497 e. The molecule has 2 N–H and O–H groups in total. The van der Waals surface area contributed by atoms with E-state index in [1.165, 1.54) is 0 Å². The summed E-state index contributed by atoms with van der Waals surface area (Å²) in [4.78, 5) is 19.4. The smallest absolute Gasteiger partial charge is 0.256 e. The number of rotatable bonds is 7. The van der Waals surface area contributed by atoms with E-state index in [4.69, 9.17) is 14.2 Å². The number of amidine groups is 1. The van der Waals surface area contributed by atoms with Crippen molar-refractivity contribution in [3.05, 3.63) is 53.6 Å². The summed E-state index contributed by atoms with van der Waals surface area (Å²) in [6, 6.07) is 13.0. The minimum Gasteiger partial charge on any atom is -0.497 e. The summed E-state index contributed by atoms with van der Waals surface area (Å²) in [6.07, 6.45) is -0.707. The van der Waals surface area contributed by atoms with E-state index < -0.39 is 12.0 Å². The number of amides is 1. The molecule has 2 aliphatic heterocycles. The van der Waals surface area contributed by atoms with Gasteiger partial charge in [0.25, 0.3) is 5.91 Å². The molecule has 0 spiro atoms. The van der Waals surface area contributed by atoms with Gasteiger partial charge in [0.2, 0.25) is 0 Å². The van der Waals surface area contributed by atoms with Crippen LogP contribution >= 0.6 is 0 Å². The number of aliphatic hydroxyl groups excluding tert-OH is 1. The van der Waals surface area contributed by atoms with Gasteiger partial charge in [0, 0.05) is 25.3 Å². The van der Waals surface area contributed by atoms with Crippen LogP contribution in [-0.2, 0) is 16.0 Å². The van der Waals surface area contributed by atoms with Crippen LogP contribution in [0.1, 0.15) is 17.0 Å². The molecule has 0 aromatic heterocycles. The molecule has 0 saturated carbocycles. The van der Waals surface area contributed by atoms with Crippen molar-refractivity contribution in [1.29, 1.82) is 0 Å². The standard InChI is InChI=1S/C23H27N3O5/c1-29-14-31-18-7-8-20-16(11-18)12-19(15-3-5-17(30-2)6-4-15)22(27)23(28)26(20)13-21-24-9-10-25-21/h3-8,11,19,22,27H,9-10,12-14H2,1-2H3,(H,24,25)/t19-,22+/m0/s1. The van der Waals surface area contributed by atoms with Gasteiger partial charge < -0.3 is 29.5 Å². The summed E-state index contributed by atoms with van der Waals surface area (Å²) >= 11 is 0. The number of carbonyl (C=O) groups excluding carboxylic acids is 1. The fourth-order valence-electron chi connectivity index (χ4n) is 4.02. The van der Waals surface area contributed by atoms with E-state index in [2.05, 4.69) is 10.3 Å². The third-order valence-corrected chi connectivity index (χ3v) is 5.62. The molecule has 1 amide bonds. The van der Waals surface area contributed by atoms with E-state index in [9.17, 15) is 9.90 Å². The van der Waals surface area contributed by atoms with Crippen LogP contribution in [0.25, 0.3) is 0 Å². The van der Waals surface area contributed by atoms with Crippen molar-refractivity contribution < 1.29 is 24.1 Å². The quantitative estimate of drug-likeness (QED) is 0.657. The number of nitrogens with zero attached hydrogens (tertiary/aromatic N) is 2. The van der Waals surface area contributed by atoms with Crippen molar-refractivity contribution in [2.45, 2.75) is 18.4 Å². The number of fused-ring (bicyclic) bond motifs is 1. The number of aliphatic imine (C=N–C) groups is 1. The molecule has 2 heterocycles. The molecule has 0 saturated heterocycles. The lowest BCUT2D eigenvalue weighted by Gasteiger charge is -2.26. The number of hydrogen-bond donors (Lipinski definition) is 2. The van der Waals surface area contributed by atoms with Gasteiger partial charge in [0.1, 0.15) is 23.4 Å². The molecule has 0 fully saturated rings. The first-order valence-corrected chi connectivity index (χ1v) is 10.3. The fraction of sp³-hybridized carbons (Fsp3) is 0.391. The zero-order chi connectivity index (χ0) is 21.8. The predicted molar refractivity (Wildman–Crippen MR) is 117 cm³/mol. The van der Waals surface area contributed by atoms with Crippen LogP contribution in [-0.4, -0.2) is 63.6 Å². The normalized spacial score (nSPS) is 20.5. The molecule has 31 heavy (non-hydrogen) atoms. The Balaban J connectivity index is 1.72. The molecule has 2 atom stereocenters. The Bertz CT molecular complexity index is 960. The van der Waals surface area contributed by atoms with E-state index in [1.54, 1.807) is 19.1 Å². The molecule has 0 bridgehead atoms. The van der Waals surface area contributed by atoms with Crippen molar-refractivity contribution in [3.63, 3.8) is 0 Å². The molecule has 0 aliphatic carbocycles. The number of carbonyl (C=O) groups is 1. The number of ether oxygens (including phenoxy) is 3. The van der Waals surface area contributed by atoms with Crippen LogP contribution in [0.4, 0.5) is 5.69 Å². The van der Waals surface area contributed by atoms with Gasteiger partial charge in [-0.05, 0) is 47.9 Å². The minimum absolute atomic E-state index is 0.132. The Morgan fingerprint density at radius 1 is 1.16 bits per heavy atom. The molecule has 2 aromatic carbocycles. The van der Waals surface area contributed by atoms with Gasteiger partial charge in [-0.2, -0.15) is 0 Å². The van der Waals surface area contributed by atoms with E-state index in [0.717, 1.165) is 34.9 Å². The molecule has 8 heteroatoms. The highest BCUT2D eigenvalue weighted by Crippen LogP contribution is 2.37. The number of hydrogen-bond acceptors (Lipinski definition) is 7. The maximum atomic E-state index is 13.4. The molecule has 0 radical (unpaired) electrons. The maximum absolute atomic E-state index is 13.4. The molecular weight excluding hydrogens is 398 g/mol. The first kappa shape index (κ1) is 21.1. The molecule has 4 rings (SSSR count). The summed E-state index contributed by atoms with van der Waals surface area (Å²) in [7, 11) is 3.17. The van der Waals surface area contributed by atoms with Gasteiger partial charge in [-0.25, -0.2) is 0 Å². The van der Waals surface area contributed by atoms with Crippen molar-refractivity contribution >= 4 is 17.4 Å². The molecule has 2 aromatic rings. The van der Waals surface area contributed by atoms with Crippen molar-refractivity contribution in [2.75, 3.05) is 45.5 Å². The van der Waals surface area contributed by atoms with Crippen LogP contribution in [0.2, 0.25) is 0 Å². The summed E-state index contributed by atoms with van der Waals surface area (Å²) in [5.41, 5.74) is 2.54. The van der Waals surface area contributed by atoms with Gasteiger partial charge in [-0.3, -0.25) is 9.79 Å². The highest BCUT2D eigenvalue weighted by atomic mass is 16.7. The van der Waals surface area contributed by atoms with Crippen molar-refractivity contribution in [3.8, 4) is 11.5 Å². The topological polar surface area (TPSA) is 92.6 Å². The monoisotopic (exact) mass is 425 g/mol. The number of aliphatic hydroxyl groups is 1. The SMILES string of the molecule is COCOc1ccc2c(c1)C[C@@H](c1ccc(OC)cc1)[C@@H](O)C(=O)N2CC1=NCCN1. The lowest BCUT2D eigenvalue weighted by atomic mass is 9.87. The van der Waals surface area contributed by atoms with Crippen molar-refractivity contribution in [1.82, 2.24) is 5.32 Å². The van der Waals surface area contributed by atoms with E-state index >= 15 is 0 Å². The Kier molecular flexibility index (Phi) is 6.39. The Labute approximate surface area is 181 Å². The van der Waals surface area contributed by atoms with Gasteiger partial charge in [0.15, 0.2) is 6.79 Å². The van der Waals surface area contributed by atoms with Gasteiger partial charge in [-0.15, -0.1) is 0 Å². The average molecular weight is 425 g/mol. The molecule has 0 unspecified atom stereocenters. The third-order valence-electron chi connectivity index (χ3n) is 5.62. The number of nitrogens with one attached hydrogen (secondary N) is 1. The van der Waals surface area contributed by atoms with E-state index in [0.29, 0.717) is 18.7 Å². The van der Waals surface area contributed by atoms with Crippen molar-refractivity contribution in [2.24, 2.45) is 4.99 Å². The number of methoxy groups -OCH3 is 2. The van der Waals surface area contributed by atoms with Crippen LogP contribution in [0.5, 0.6) is 11.5 Å². The first-order valence-electron chi connectivity index (χ1n) is 10.3. The van der Waals surface area contributed by atoms with Crippen LogP contribution in [0.15, 0.2) is 47.5 Å². The van der Waals surface area contributed by atoms with Gasteiger partial charge in [0.05, 0.1) is 20.2 Å². The second-order valence-electron chi connectivity index (χ2n) is 7.55.